The summed E-state index contributed by atoms with van der Waals surface area (Å²) in [5.41, 5.74) is 8.00. The molecule has 0 aliphatic heterocycles. The van der Waals surface area contributed by atoms with E-state index >= 15 is 0 Å². The first kappa shape index (κ1) is 28.7. The number of azide groups is 1. The molecule has 0 aliphatic carbocycles. The molecule has 0 spiro atoms. The van der Waals surface area contributed by atoms with Gasteiger partial charge in [0.15, 0.2) is 0 Å². The smallest absolute Gasteiger partial charge is 0.220 e. The van der Waals surface area contributed by atoms with Crippen molar-refractivity contribution in [2.75, 3.05) is 52.5 Å². The Kier molecular flexibility index (Phi) is 16.6. The number of carbonyl (C=O) groups is 1. The fourth-order valence-electron chi connectivity index (χ4n) is 2.91. The number of nitrogens with one attached hydrogen (secondary N) is 3. The van der Waals surface area contributed by atoms with Crippen LogP contribution in [-0.2, 0) is 9.53 Å². The summed E-state index contributed by atoms with van der Waals surface area (Å²) in [6.07, 6.45) is 6.25. The first-order valence-corrected chi connectivity index (χ1v) is 11.5. The summed E-state index contributed by atoms with van der Waals surface area (Å²) in [4.78, 5) is 15.0. The molecule has 0 rings (SSSR count). The lowest BCUT2D eigenvalue weighted by Gasteiger charge is -2.27. The van der Waals surface area contributed by atoms with Crippen LogP contribution in [0.5, 0.6) is 0 Å². The second kappa shape index (κ2) is 17.4. The minimum Gasteiger partial charge on any atom is -0.380 e. The molecule has 0 saturated carbocycles. The van der Waals surface area contributed by atoms with E-state index in [9.17, 15) is 4.79 Å². The zero-order valence-corrected chi connectivity index (χ0v) is 20.1. The van der Waals surface area contributed by atoms with Crippen molar-refractivity contribution in [1.29, 1.82) is 0 Å². The number of carbonyl (C=O) groups excluding carboxylic acids is 1. The molecule has 0 unspecified atom stereocenters. The van der Waals surface area contributed by atoms with Gasteiger partial charge in [0.2, 0.25) is 5.91 Å². The third-order valence-electron chi connectivity index (χ3n) is 4.70. The molecule has 0 bridgehead atoms. The highest BCUT2D eigenvalue weighted by Crippen LogP contribution is 2.23. The molecule has 8 heteroatoms. The van der Waals surface area contributed by atoms with Crippen molar-refractivity contribution in [1.82, 2.24) is 16.0 Å². The van der Waals surface area contributed by atoms with E-state index in [1.54, 1.807) is 0 Å². The van der Waals surface area contributed by atoms with Crippen molar-refractivity contribution in [2.24, 2.45) is 15.9 Å². The molecule has 0 aromatic rings. The molecule has 0 aliphatic rings. The van der Waals surface area contributed by atoms with Gasteiger partial charge in [-0.15, -0.1) is 0 Å². The quantitative estimate of drug-likeness (QED) is 0.118. The highest BCUT2D eigenvalue weighted by molar-refractivity contribution is 5.76. The standard InChI is InChI=1S/C22H46N6O2/c1-6-7-11-24-12-8-9-13-25-14-10-15-26-20(29)16-21(2,3)18-30-19-22(4,5)17-27-28-23/h24-25H,6-19H2,1-5H3,(H,26,29). The SMILES string of the molecule is CCCCNCCCCNCCCNC(=O)CC(C)(C)COCC(C)(C)CN=[N+]=[N-]. The number of hydrogen-bond acceptors (Lipinski definition) is 5. The Balaban J connectivity index is 3.69. The number of nitrogens with zero attached hydrogens (tertiary/aromatic N) is 3. The topological polar surface area (TPSA) is 111 Å². The van der Waals surface area contributed by atoms with Crippen LogP contribution in [0.15, 0.2) is 5.11 Å². The van der Waals surface area contributed by atoms with Gasteiger partial charge in [0.1, 0.15) is 0 Å². The van der Waals surface area contributed by atoms with Gasteiger partial charge in [0.05, 0.1) is 13.2 Å². The molecule has 30 heavy (non-hydrogen) atoms. The van der Waals surface area contributed by atoms with E-state index in [-0.39, 0.29) is 16.7 Å². The summed E-state index contributed by atoms with van der Waals surface area (Å²) in [7, 11) is 0. The fourth-order valence-corrected chi connectivity index (χ4v) is 2.91. The van der Waals surface area contributed by atoms with Gasteiger partial charge in [0, 0.05) is 24.4 Å². The third-order valence-corrected chi connectivity index (χ3v) is 4.70. The molecular weight excluding hydrogens is 380 g/mol. The molecule has 176 valence electrons. The summed E-state index contributed by atoms with van der Waals surface area (Å²) < 4.78 is 5.80. The average molecular weight is 427 g/mol. The van der Waals surface area contributed by atoms with Gasteiger partial charge in [-0.3, -0.25) is 4.79 Å². The molecular formula is C22H46N6O2. The minimum atomic E-state index is -0.234. The molecule has 0 aromatic carbocycles. The molecule has 3 N–H and O–H groups in total. The van der Waals surface area contributed by atoms with Crippen LogP contribution >= 0.6 is 0 Å². The van der Waals surface area contributed by atoms with Gasteiger partial charge in [0.25, 0.3) is 0 Å². The van der Waals surface area contributed by atoms with Crippen LogP contribution in [0.2, 0.25) is 0 Å². The second-order valence-electron chi connectivity index (χ2n) is 9.65. The zero-order chi connectivity index (χ0) is 22.7. The Morgan fingerprint density at radius 2 is 1.47 bits per heavy atom. The van der Waals surface area contributed by atoms with Crippen molar-refractivity contribution >= 4 is 5.91 Å². The zero-order valence-electron chi connectivity index (χ0n) is 20.1. The Morgan fingerprint density at radius 3 is 2.07 bits per heavy atom. The summed E-state index contributed by atoms with van der Waals surface area (Å²) in [5, 5.41) is 13.5. The van der Waals surface area contributed by atoms with Crippen LogP contribution in [0.25, 0.3) is 10.4 Å². The van der Waals surface area contributed by atoms with Gasteiger partial charge in [-0.1, -0.05) is 46.2 Å². The molecule has 1 amide bonds. The van der Waals surface area contributed by atoms with Crippen molar-refractivity contribution < 1.29 is 9.53 Å². The van der Waals surface area contributed by atoms with Gasteiger partial charge in [-0.05, 0) is 68.2 Å². The maximum absolute atomic E-state index is 12.2. The lowest BCUT2D eigenvalue weighted by Crippen LogP contribution is -2.34. The highest BCUT2D eigenvalue weighted by Gasteiger charge is 2.24. The second-order valence-corrected chi connectivity index (χ2v) is 9.65. The van der Waals surface area contributed by atoms with Crippen molar-refractivity contribution in [3.63, 3.8) is 0 Å². The highest BCUT2D eigenvalue weighted by atomic mass is 16.5. The number of hydrogen-bond donors (Lipinski definition) is 3. The number of unbranched alkanes of at least 4 members (excludes halogenated alkanes) is 2. The Bertz CT molecular complexity index is 490. The molecule has 0 heterocycles. The molecule has 0 saturated heterocycles. The van der Waals surface area contributed by atoms with Crippen LogP contribution in [0.4, 0.5) is 0 Å². The van der Waals surface area contributed by atoms with Crippen LogP contribution in [0, 0.1) is 10.8 Å². The fraction of sp³-hybridized carbons (Fsp3) is 0.955. The van der Waals surface area contributed by atoms with Crippen molar-refractivity contribution in [3.8, 4) is 0 Å². The van der Waals surface area contributed by atoms with Crippen LogP contribution < -0.4 is 16.0 Å². The Morgan fingerprint density at radius 1 is 0.900 bits per heavy atom. The lowest BCUT2D eigenvalue weighted by molar-refractivity contribution is -0.124. The first-order valence-electron chi connectivity index (χ1n) is 11.5. The van der Waals surface area contributed by atoms with Crippen molar-refractivity contribution in [3.05, 3.63) is 10.4 Å². The van der Waals surface area contributed by atoms with E-state index in [0.717, 1.165) is 32.6 Å². The maximum Gasteiger partial charge on any atom is 0.220 e. The third kappa shape index (κ3) is 18.7. The largest absolute Gasteiger partial charge is 0.380 e. The van der Waals surface area contributed by atoms with Gasteiger partial charge < -0.3 is 20.7 Å². The summed E-state index contributed by atoms with van der Waals surface area (Å²) in [6, 6.07) is 0. The first-order chi connectivity index (χ1) is 14.2. The van der Waals surface area contributed by atoms with Gasteiger partial charge in [-0.25, -0.2) is 0 Å². The molecule has 0 radical (unpaired) electrons. The minimum absolute atomic E-state index is 0.0649. The Hall–Kier alpha value is -1.34. The maximum atomic E-state index is 12.2. The predicted octanol–water partition coefficient (Wildman–Crippen LogP) is 4.02. The van der Waals surface area contributed by atoms with Crippen LogP contribution in [0.1, 0.15) is 73.1 Å². The number of rotatable bonds is 20. The number of ether oxygens (including phenoxy) is 1. The van der Waals surface area contributed by atoms with Crippen LogP contribution in [-0.4, -0.2) is 58.4 Å². The monoisotopic (exact) mass is 426 g/mol. The molecule has 0 aromatic heterocycles. The average Bonchev–Trinajstić information content (AvgIpc) is 2.66. The van der Waals surface area contributed by atoms with E-state index in [0.29, 0.717) is 32.7 Å². The van der Waals surface area contributed by atoms with Crippen molar-refractivity contribution in [2.45, 2.75) is 73.1 Å². The van der Waals surface area contributed by atoms with Gasteiger partial charge in [-0.2, -0.15) is 0 Å². The van der Waals surface area contributed by atoms with Crippen LogP contribution in [0.3, 0.4) is 0 Å². The van der Waals surface area contributed by atoms with E-state index in [1.807, 2.05) is 27.7 Å². The summed E-state index contributed by atoms with van der Waals surface area (Å²) in [6.45, 7) is 16.5. The summed E-state index contributed by atoms with van der Waals surface area (Å²) in [5.74, 6) is 0.0649. The van der Waals surface area contributed by atoms with E-state index in [2.05, 4.69) is 32.9 Å². The lowest BCUT2D eigenvalue weighted by atomic mass is 9.89. The normalized spacial score (nSPS) is 11.9. The number of amides is 1. The molecule has 0 atom stereocenters. The van der Waals surface area contributed by atoms with E-state index in [4.69, 9.17) is 10.3 Å². The summed E-state index contributed by atoms with van der Waals surface area (Å²) >= 11 is 0. The Labute approximate surface area is 183 Å². The van der Waals surface area contributed by atoms with E-state index in [1.165, 1.54) is 25.7 Å². The van der Waals surface area contributed by atoms with E-state index < -0.39 is 0 Å². The molecule has 8 nitrogen and oxygen atoms in total. The predicted molar refractivity (Wildman–Crippen MR) is 125 cm³/mol. The van der Waals surface area contributed by atoms with Gasteiger partial charge >= 0.3 is 0 Å². The molecule has 0 fully saturated rings.